The number of hydrogen-bond donors (Lipinski definition) is 4. The molecule has 0 atom stereocenters. The van der Waals surface area contributed by atoms with Crippen LogP contribution >= 0.6 is 0 Å². The van der Waals surface area contributed by atoms with Gasteiger partial charge in [0.1, 0.15) is 0 Å². The van der Waals surface area contributed by atoms with Crippen molar-refractivity contribution in [1.82, 2.24) is 9.80 Å². The summed E-state index contributed by atoms with van der Waals surface area (Å²) in [5.74, 6) is 0.366. The van der Waals surface area contributed by atoms with Gasteiger partial charge in [-0.05, 0) is 24.3 Å². The molecule has 10 N–H and O–H groups in total. The smallest absolute Gasteiger partial charge is 0.188 e. The molecule has 0 amide bonds. The minimum atomic E-state index is -5.17. The van der Waals surface area contributed by atoms with E-state index in [1.165, 1.54) is 11.4 Å². The van der Waals surface area contributed by atoms with Crippen molar-refractivity contribution < 1.29 is 28.5 Å². The van der Waals surface area contributed by atoms with Crippen LogP contribution in [0.4, 0.5) is 11.4 Å². The van der Waals surface area contributed by atoms with Gasteiger partial charge in [0.2, 0.25) is 0 Å². The normalized spacial score (nSPS) is 15.0. The molecule has 2 aliphatic rings. The standard InChI is InChI=1S/2C11H16N4.H2O4S.2H2O/c2*12-11(13)15-8-6-14(7-9-15)10-4-2-1-3-5-10;1-5(2,3)4;;/h2*1-5H,6-9H2,(H3,12,13);(H2,1,2,3,4);2*1H2/p-2. The third kappa shape index (κ3) is 12.8. The largest absolute Gasteiger partial charge is 0.759 e. The molecule has 2 saturated heterocycles. The quantitative estimate of drug-likeness (QED) is 0.147. The average Bonchev–Trinajstić information content (AvgIpc) is 2.85. The Balaban J connectivity index is 0.000000569. The molecule has 15 heteroatoms. The zero-order chi connectivity index (χ0) is 25.8. The predicted molar refractivity (Wildman–Crippen MR) is 142 cm³/mol. The lowest BCUT2D eigenvalue weighted by atomic mass is 10.2. The highest BCUT2D eigenvalue weighted by Crippen LogP contribution is 2.16. The lowest BCUT2D eigenvalue weighted by molar-refractivity contribution is 0.352. The molecular weight excluding hydrogens is 504 g/mol. The van der Waals surface area contributed by atoms with Crippen LogP contribution in [0.5, 0.6) is 0 Å². The molecule has 2 aromatic rings. The number of para-hydroxylation sites is 2. The maximum atomic E-state index is 8.52. The molecule has 0 bridgehead atoms. The topological polar surface area (TPSA) is 256 Å². The molecule has 37 heavy (non-hydrogen) atoms. The first-order chi connectivity index (χ1) is 16.5. The van der Waals surface area contributed by atoms with Gasteiger partial charge in [-0.3, -0.25) is 19.2 Å². The highest BCUT2D eigenvalue weighted by atomic mass is 32.3. The summed E-state index contributed by atoms with van der Waals surface area (Å²) in [6.07, 6.45) is 0. The van der Waals surface area contributed by atoms with Crippen LogP contribution in [0, 0.1) is 10.8 Å². The number of anilines is 2. The Bertz CT molecular complexity index is 952. The van der Waals surface area contributed by atoms with E-state index in [-0.39, 0.29) is 22.9 Å². The van der Waals surface area contributed by atoms with E-state index in [0.29, 0.717) is 0 Å². The van der Waals surface area contributed by atoms with Gasteiger partial charge in [0, 0.05) is 74.1 Å². The molecule has 2 fully saturated rings. The van der Waals surface area contributed by atoms with E-state index in [1.807, 2.05) is 46.2 Å². The van der Waals surface area contributed by atoms with Crippen molar-refractivity contribution in [2.75, 3.05) is 62.2 Å². The molecule has 0 saturated carbocycles. The fourth-order valence-corrected chi connectivity index (χ4v) is 3.69. The monoisotopic (exact) mass is 540 g/mol. The van der Waals surface area contributed by atoms with Gasteiger partial charge in [0.25, 0.3) is 0 Å². The van der Waals surface area contributed by atoms with Crippen LogP contribution < -0.4 is 21.3 Å². The van der Waals surface area contributed by atoms with E-state index in [1.54, 1.807) is 0 Å². The van der Waals surface area contributed by atoms with E-state index < -0.39 is 10.4 Å². The lowest BCUT2D eigenvalue weighted by Crippen LogP contribution is -2.50. The summed E-state index contributed by atoms with van der Waals surface area (Å²) in [5, 5.41) is 14.7. The second kappa shape index (κ2) is 16.2. The van der Waals surface area contributed by atoms with Crippen LogP contribution in [0.25, 0.3) is 0 Å². The molecule has 0 radical (unpaired) electrons. The summed E-state index contributed by atoms with van der Waals surface area (Å²) in [5.41, 5.74) is 13.4. The van der Waals surface area contributed by atoms with Crippen molar-refractivity contribution >= 4 is 33.7 Å². The highest BCUT2D eigenvalue weighted by molar-refractivity contribution is 7.79. The number of guanidine groups is 2. The van der Waals surface area contributed by atoms with Gasteiger partial charge >= 0.3 is 0 Å². The fourth-order valence-electron chi connectivity index (χ4n) is 3.69. The predicted octanol–water partition coefficient (Wildman–Crippen LogP) is -1.58. The first kappa shape index (κ1) is 33.4. The molecule has 0 aromatic heterocycles. The zero-order valence-corrected chi connectivity index (χ0v) is 21.2. The summed E-state index contributed by atoms with van der Waals surface area (Å²) in [7, 11) is -5.17. The van der Waals surface area contributed by atoms with E-state index in [2.05, 4.69) is 34.1 Å². The van der Waals surface area contributed by atoms with Crippen molar-refractivity contribution in [2.24, 2.45) is 11.5 Å². The van der Waals surface area contributed by atoms with Gasteiger partial charge in [0.15, 0.2) is 11.9 Å². The summed E-state index contributed by atoms with van der Waals surface area (Å²) >= 11 is 0. The molecule has 14 nitrogen and oxygen atoms in total. The van der Waals surface area contributed by atoms with E-state index >= 15 is 0 Å². The SMILES string of the molecule is N=C(N)N1CCN(c2ccccc2)CC1.N=C(N)N1CCN(c2ccccc2)CC1.O.O.O=S(=O)([O-])[O-]. The van der Waals surface area contributed by atoms with Gasteiger partial charge in [-0.15, -0.1) is 0 Å². The highest BCUT2D eigenvalue weighted by Gasteiger charge is 2.18. The first-order valence-corrected chi connectivity index (χ1v) is 12.3. The van der Waals surface area contributed by atoms with Crippen LogP contribution in [-0.4, -0.2) is 103 Å². The first-order valence-electron chi connectivity index (χ1n) is 11.0. The second-order valence-electron chi connectivity index (χ2n) is 7.80. The van der Waals surface area contributed by atoms with Crippen molar-refractivity contribution in [3.8, 4) is 0 Å². The number of rotatable bonds is 2. The lowest BCUT2D eigenvalue weighted by Gasteiger charge is -2.36. The summed E-state index contributed by atoms with van der Waals surface area (Å²) in [6.45, 7) is 7.09. The molecular formula is C22H36N8O6S-2. The summed E-state index contributed by atoms with van der Waals surface area (Å²) in [6, 6.07) is 20.7. The Morgan fingerprint density at radius 3 is 1.08 bits per heavy atom. The average molecular weight is 541 g/mol. The van der Waals surface area contributed by atoms with Gasteiger partial charge in [-0.1, -0.05) is 36.4 Å². The van der Waals surface area contributed by atoms with E-state index in [9.17, 15) is 0 Å². The molecule has 2 aromatic carbocycles. The van der Waals surface area contributed by atoms with E-state index in [0.717, 1.165) is 52.4 Å². The van der Waals surface area contributed by atoms with Gasteiger partial charge < -0.3 is 51.1 Å². The Morgan fingerprint density at radius 2 is 0.865 bits per heavy atom. The second-order valence-corrected chi connectivity index (χ2v) is 8.61. The third-order valence-electron chi connectivity index (χ3n) is 5.48. The van der Waals surface area contributed by atoms with Crippen molar-refractivity contribution in [2.45, 2.75) is 0 Å². The minimum absolute atomic E-state index is 0. The maximum Gasteiger partial charge on any atom is 0.188 e. The molecule has 0 spiro atoms. The van der Waals surface area contributed by atoms with Crippen LogP contribution in [0.15, 0.2) is 60.7 Å². The molecule has 0 unspecified atom stereocenters. The number of piperazine rings is 2. The molecule has 4 rings (SSSR count). The Morgan fingerprint density at radius 1 is 0.622 bits per heavy atom. The number of nitrogens with two attached hydrogens (primary N) is 2. The number of nitrogens with one attached hydrogen (secondary N) is 2. The van der Waals surface area contributed by atoms with Crippen LogP contribution in [0.2, 0.25) is 0 Å². The zero-order valence-electron chi connectivity index (χ0n) is 20.4. The minimum Gasteiger partial charge on any atom is -0.759 e. The van der Waals surface area contributed by atoms with Crippen molar-refractivity contribution in [3.05, 3.63) is 60.7 Å². The Kier molecular flexibility index (Phi) is 14.6. The Labute approximate surface area is 217 Å². The Hall–Kier alpha value is -3.63. The maximum absolute atomic E-state index is 8.52. The van der Waals surface area contributed by atoms with Crippen LogP contribution in [0.1, 0.15) is 0 Å². The van der Waals surface area contributed by atoms with Crippen LogP contribution in [0.3, 0.4) is 0 Å². The van der Waals surface area contributed by atoms with Crippen molar-refractivity contribution in [3.63, 3.8) is 0 Å². The number of hydrogen-bond acceptors (Lipinski definition) is 8. The number of nitrogens with zero attached hydrogens (tertiary/aromatic N) is 4. The van der Waals surface area contributed by atoms with E-state index in [4.69, 9.17) is 39.8 Å². The van der Waals surface area contributed by atoms with Crippen LogP contribution in [-0.2, 0) is 10.4 Å². The molecule has 2 aliphatic heterocycles. The molecule has 208 valence electrons. The summed E-state index contributed by atoms with van der Waals surface area (Å²) in [4.78, 5) is 8.44. The fraction of sp³-hybridized carbons (Fsp3) is 0.364. The summed E-state index contributed by atoms with van der Waals surface area (Å²) < 4.78 is 34.1. The van der Waals surface area contributed by atoms with Gasteiger partial charge in [-0.2, -0.15) is 0 Å². The van der Waals surface area contributed by atoms with Gasteiger partial charge in [-0.25, -0.2) is 0 Å². The number of benzene rings is 2. The molecule has 2 heterocycles. The van der Waals surface area contributed by atoms with Crippen molar-refractivity contribution in [1.29, 1.82) is 10.8 Å². The third-order valence-corrected chi connectivity index (χ3v) is 5.48. The van der Waals surface area contributed by atoms with Gasteiger partial charge in [0.05, 0.1) is 0 Å². The molecule has 0 aliphatic carbocycles.